The zero-order valence-corrected chi connectivity index (χ0v) is 14.1. The van der Waals surface area contributed by atoms with Crippen LogP contribution in [0.4, 0.5) is 5.69 Å². The molecule has 3 rings (SSSR count). The molecule has 2 aromatic rings. The third kappa shape index (κ3) is 3.53. The smallest absolute Gasteiger partial charge is 0.118 e. The first-order valence-corrected chi connectivity index (χ1v) is 8.20. The van der Waals surface area contributed by atoms with E-state index in [0.717, 1.165) is 20.9 Å². The van der Waals surface area contributed by atoms with E-state index >= 15 is 0 Å². The second-order valence-corrected chi connectivity index (χ2v) is 6.65. The topological polar surface area (TPSA) is 21.3 Å². The van der Waals surface area contributed by atoms with Crippen molar-refractivity contribution in [3.63, 3.8) is 0 Å². The van der Waals surface area contributed by atoms with E-state index in [1.54, 1.807) is 7.11 Å². The maximum Gasteiger partial charge on any atom is 0.118 e. The highest BCUT2D eigenvalue weighted by atomic mass is 79.9. The Morgan fingerprint density at radius 2 is 1.90 bits per heavy atom. The Bertz CT molecular complexity index is 625. The van der Waals surface area contributed by atoms with E-state index in [1.165, 1.54) is 18.4 Å². The van der Waals surface area contributed by atoms with Crippen molar-refractivity contribution >= 4 is 33.2 Å². The number of halogens is 2. The van der Waals surface area contributed by atoms with Crippen LogP contribution in [0.25, 0.3) is 0 Å². The van der Waals surface area contributed by atoms with Crippen LogP contribution in [0.1, 0.15) is 24.4 Å². The summed E-state index contributed by atoms with van der Waals surface area (Å²) in [5, 5.41) is 4.38. The average molecular weight is 367 g/mol. The van der Waals surface area contributed by atoms with Crippen LogP contribution in [0, 0.1) is 5.92 Å². The number of ether oxygens (including phenoxy) is 1. The van der Waals surface area contributed by atoms with Crippen LogP contribution in [0.15, 0.2) is 46.9 Å². The fourth-order valence-electron chi connectivity index (χ4n) is 2.49. The van der Waals surface area contributed by atoms with Gasteiger partial charge < -0.3 is 10.1 Å². The minimum absolute atomic E-state index is 0.327. The second-order valence-electron chi connectivity index (χ2n) is 5.36. The lowest BCUT2D eigenvalue weighted by molar-refractivity contribution is 0.414. The van der Waals surface area contributed by atoms with Crippen LogP contribution in [0.2, 0.25) is 5.02 Å². The molecule has 1 aliphatic carbocycles. The number of benzene rings is 2. The summed E-state index contributed by atoms with van der Waals surface area (Å²) >= 11 is 9.58. The Morgan fingerprint density at radius 3 is 2.48 bits per heavy atom. The lowest BCUT2D eigenvalue weighted by Crippen LogP contribution is -2.13. The highest BCUT2D eigenvalue weighted by molar-refractivity contribution is 9.10. The molecule has 0 heterocycles. The molecule has 1 aliphatic rings. The van der Waals surface area contributed by atoms with Crippen molar-refractivity contribution in [2.45, 2.75) is 18.9 Å². The summed E-state index contributed by atoms with van der Waals surface area (Å²) in [6.45, 7) is 0. The summed E-state index contributed by atoms with van der Waals surface area (Å²) in [5.74, 6) is 1.59. The van der Waals surface area contributed by atoms with Gasteiger partial charge in [-0.3, -0.25) is 0 Å². The van der Waals surface area contributed by atoms with Gasteiger partial charge in [0, 0.05) is 15.2 Å². The summed E-state index contributed by atoms with van der Waals surface area (Å²) in [7, 11) is 1.69. The standard InChI is InChI=1S/C17H17BrClNO/c1-21-14-7-4-12(5-8-14)17(11-2-3-11)20-16-9-6-13(19)10-15(16)18/h4-11,17,20H,2-3H2,1H3. The van der Waals surface area contributed by atoms with E-state index in [-0.39, 0.29) is 0 Å². The van der Waals surface area contributed by atoms with Crippen LogP contribution in [0.3, 0.4) is 0 Å². The summed E-state index contributed by atoms with van der Waals surface area (Å²) in [6, 6.07) is 14.5. The van der Waals surface area contributed by atoms with Gasteiger partial charge in [0.1, 0.15) is 5.75 Å². The molecule has 1 unspecified atom stereocenters. The zero-order valence-electron chi connectivity index (χ0n) is 11.8. The normalized spacial score (nSPS) is 15.6. The highest BCUT2D eigenvalue weighted by Gasteiger charge is 2.32. The molecule has 0 aliphatic heterocycles. The van der Waals surface area contributed by atoms with Gasteiger partial charge in [-0.1, -0.05) is 23.7 Å². The molecule has 2 aromatic carbocycles. The van der Waals surface area contributed by atoms with Gasteiger partial charge in [0.25, 0.3) is 0 Å². The Labute approximate surface area is 138 Å². The average Bonchev–Trinajstić information content (AvgIpc) is 3.31. The molecular weight excluding hydrogens is 350 g/mol. The summed E-state index contributed by atoms with van der Waals surface area (Å²) in [4.78, 5) is 0. The quantitative estimate of drug-likeness (QED) is 0.735. The van der Waals surface area contributed by atoms with Gasteiger partial charge in [-0.2, -0.15) is 0 Å². The molecule has 0 saturated heterocycles. The number of rotatable bonds is 5. The van der Waals surface area contributed by atoms with Crippen molar-refractivity contribution < 1.29 is 4.74 Å². The lowest BCUT2D eigenvalue weighted by Gasteiger charge is -2.21. The fourth-order valence-corrected chi connectivity index (χ4v) is 3.29. The van der Waals surface area contributed by atoms with E-state index in [1.807, 2.05) is 30.3 Å². The zero-order chi connectivity index (χ0) is 14.8. The molecule has 0 radical (unpaired) electrons. The highest BCUT2D eigenvalue weighted by Crippen LogP contribution is 2.44. The van der Waals surface area contributed by atoms with E-state index in [2.05, 4.69) is 33.4 Å². The molecule has 0 bridgehead atoms. The Morgan fingerprint density at radius 1 is 1.19 bits per heavy atom. The first-order chi connectivity index (χ1) is 10.2. The largest absolute Gasteiger partial charge is 0.497 e. The van der Waals surface area contributed by atoms with Crippen LogP contribution in [-0.2, 0) is 0 Å². The molecule has 0 amide bonds. The molecule has 1 atom stereocenters. The number of nitrogens with one attached hydrogen (secondary N) is 1. The fraction of sp³-hybridized carbons (Fsp3) is 0.294. The number of hydrogen-bond acceptors (Lipinski definition) is 2. The second kappa shape index (κ2) is 6.29. The molecule has 2 nitrogen and oxygen atoms in total. The molecular formula is C17H17BrClNO. The van der Waals surface area contributed by atoms with Crippen molar-refractivity contribution in [2.75, 3.05) is 12.4 Å². The van der Waals surface area contributed by atoms with Crippen molar-refractivity contribution in [3.05, 3.63) is 57.5 Å². The molecule has 1 saturated carbocycles. The van der Waals surface area contributed by atoms with Gasteiger partial charge in [-0.15, -0.1) is 0 Å². The molecule has 1 N–H and O–H groups in total. The lowest BCUT2D eigenvalue weighted by atomic mass is 10.0. The Hall–Kier alpha value is -1.19. The summed E-state index contributed by atoms with van der Waals surface area (Å²) in [5.41, 5.74) is 2.37. The summed E-state index contributed by atoms with van der Waals surface area (Å²) < 4.78 is 6.23. The molecule has 110 valence electrons. The monoisotopic (exact) mass is 365 g/mol. The SMILES string of the molecule is COc1ccc(C(Nc2ccc(Cl)cc2Br)C2CC2)cc1. The van der Waals surface area contributed by atoms with E-state index < -0.39 is 0 Å². The van der Waals surface area contributed by atoms with Gasteiger partial charge in [-0.25, -0.2) is 0 Å². The molecule has 0 spiro atoms. The molecule has 4 heteroatoms. The number of anilines is 1. The predicted octanol–water partition coefficient (Wildman–Crippen LogP) is 5.67. The van der Waals surface area contributed by atoms with Crippen molar-refractivity contribution in [3.8, 4) is 5.75 Å². The van der Waals surface area contributed by atoms with E-state index in [4.69, 9.17) is 16.3 Å². The van der Waals surface area contributed by atoms with Crippen molar-refractivity contribution in [1.29, 1.82) is 0 Å². The maximum absolute atomic E-state index is 6.01. The van der Waals surface area contributed by atoms with E-state index in [0.29, 0.717) is 12.0 Å². The van der Waals surface area contributed by atoms with Crippen LogP contribution in [0.5, 0.6) is 5.75 Å². The van der Waals surface area contributed by atoms with Gasteiger partial charge in [0.2, 0.25) is 0 Å². The van der Waals surface area contributed by atoms with E-state index in [9.17, 15) is 0 Å². The predicted molar refractivity (Wildman–Crippen MR) is 91.2 cm³/mol. The molecule has 1 fully saturated rings. The third-order valence-corrected chi connectivity index (χ3v) is 4.70. The van der Waals surface area contributed by atoms with Gasteiger partial charge in [0.05, 0.1) is 13.2 Å². The van der Waals surface area contributed by atoms with Crippen molar-refractivity contribution in [1.82, 2.24) is 0 Å². The summed E-state index contributed by atoms with van der Waals surface area (Å²) in [6.07, 6.45) is 2.55. The minimum atomic E-state index is 0.327. The Balaban J connectivity index is 1.84. The third-order valence-electron chi connectivity index (χ3n) is 3.81. The van der Waals surface area contributed by atoms with Gasteiger partial charge >= 0.3 is 0 Å². The minimum Gasteiger partial charge on any atom is -0.497 e. The number of hydrogen-bond donors (Lipinski definition) is 1. The van der Waals surface area contributed by atoms with Gasteiger partial charge in [0.15, 0.2) is 0 Å². The van der Waals surface area contributed by atoms with Crippen LogP contribution < -0.4 is 10.1 Å². The Kier molecular flexibility index (Phi) is 4.41. The number of methoxy groups -OCH3 is 1. The van der Waals surface area contributed by atoms with Gasteiger partial charge in [-0.05, 0) is 70.6 Å². The maximum atomic E-state index is 6.01. The molecule has 0 aromatic heterocycles. The van der Waals surface area contributed by atoms with Crippen molar-refractivity contribution in [2.24, 2.45) is 5.92 Å². The molecule has 21 heavy (non-hydrogen) atoms. The van der Waals surface area contributed by atoms with Crippen LogP contribution in [-0.4, -0.2) is 7.11 Å². The van der Waals surface area contributed by atoms with Crippen LogP contribution >= 0.6 is 27.5 Å². The first-order valence-electron chi connectivity index (χ1n) is 7.03. The first kappa shape index (κ1) is 14.7.